The maximum absolute atomic E-state index is 12.1. The number of hydrogen-bond acceptors (Lipinski definition) is 5. The van der Waals surface area contributed by atoms with Crippen molar-refractivity contribution in [2.24, 2.45) is 0 Å². The first kappa shape index (κ1) is 22.4. The van der Waals surface area contributed by atoms with E-state index in [-0.39, 0.29) is 11.4 Å². The van der Waals surface area contributed by atoms with Gasteiger partial charge in [0.15, 0.2) is 0 Å². The molecule has 0 radical (unpaired) electrons. The van der Waals surface area contributed by atoms with E-state index in [1.807, 2.05) is 13.8 Å². The van der Waals surface area contributed by atoms with E-state index in [1.165, 1.54) is 12.1 Å². The summed E-state index contributed by atoms with van der Waals surface area (Å²) in [6, 6.07) is 5.51. The van der Waals surface area contributed by atoms with Gasteiger partial charge in [0.25, 0.3) is 5.69 Å². The number of aromatic nitrogens is 1. The third-order valence-electron chi connectivity index (χ3n) is 3.48. The van der Waals surface area contributed by atoms with Gasteiger partial charge >= 0.3 is 6.61 Å². The van der Waals surface area contributed by atoms with Gasteiger partial charge in [0.1, 0.15) is 10.9 Å². The number of rotatable bonds is 6. The highest BCUT2D eigenvalue weighted by atomic mass is 35.5. The molecule has 2 aromatic rings. The minimum Gasteiger partial charge on any atom is -0.434 e. The Kier molecular flexibility index (Phi) is 8.74. The lowest BCUT2D eigenvalue weighted by Gasteiger charge is -2.09. The summed E-state index contributed by atoms with van der Waals surface area (Å²) in [6.07, 6.45) is 2.91. The fourth-order valence-electron chi connectivity index (χ4n) is 2.25. The Balaban J connectivity index is 0.000000289. The Bertz CT molecular complexity index is 816. The SMILES string of the molecule is CC(=N)c1cnc(Cl)cc1C.CCCc1ccc([N+](=O)[O-])cc1OC(F)F. The molecule has 2 rings (SSSR count). The van der Waals surface area contributed by atoms with Gasteiger partial charge in [-0.15, -0.1) is 0 Å². The molecule has 0 spiro atoms. The van der Waals surface area contributed by atoms with Gasteiger partial charge in [0, 0.05) is 23.5 Å². The van der Waals surface area contributed by atoms with E-state index in [4.69, 9.17) is 17.0 Å². The van der Waals surface area contributed by atoms with Crippen molar-refractivity contribution in [3.8, 4) is 5.75 Å². The Labute approximate surface area is 160 Å². The summed E-state index contributed by atoms with van der Waals surface area (Å²) >= 11 is 5.64. The Morgan fingerprint density at radius 3 is 2.56 bits per heavy atom. The minimum absolute atomic E-state index is 0.119. The summed E-state index contributed by atoms with van der Waals surface area (Å²) in [7, 11) is 0. The zero-order chi connectivity index (χ0) is 20.6. The number of hydrogen-bond donors (Lipinski definition) is 1. The van der Waals surface area contributed by atoms with Gasteiger partial charge in [-0.05, 0) is 43.5 Å². The topological polar surface area (TPSA) is 89.1 Å². The number of ether oxygens (including phenoxy) is 1. The number of pyridine rings is 1. The lowest BCUT2D eigenvalue weighted by atomic mass is 10.1. The van der Waals surface area contributed by atoms with Crippen molar-refractivity contribution in [3.63, 3.8) is 0 Å². The molecule has 6 nitrogen and oxygen atoms in total. The van der Waals surface area contributed by atoms with Crippen LogP contribution in [0.25, 0.3) is 0 Å². The summed E-state index contributed by atoms with van der Waals surface area (Å²) in [5, 5.41) is 18.3. The molecular formula is C18H20ClF2N3O3. The molecule has 0 aliphatic rings. The molecule has 1 heterocycles. The molecule has 9 heteroatoms. The molecule has 0 unspecified atom stereocenters. The Morgan fingerprint density at radius 2 is 2.07 bits per heavy atom. The van der Waals surface area contributed by atoms with Gasteiger partial charge in [-0.25, -0.2) is 4.98 Å². The Morgan fingerprint density at radius 1 is 1.41 bits per heavy atom. The van der Waals surface area contributed by atoms with Crippen LogP contribution in [-0.2, 0) is 6.42 Å². The van der Waals surface area contributed by atoms with Crippen molar-refractivity contribution in [1.82, 2.24) is 4.98 Å². The van der Waals surface area contributed by atoms with Crippen LogP contribution in [0.3, 0.4) is 0 Å². The normalized spacial score (nSPS) is 10.2. The highest BCUT2D eigenvalue weighted by Crippen LogP contribution is 2.27. The first-order chi connectivity index (χ1) is 12.6. The number of non-ortho nitro benzene ring substituents is 1. The number of halogens is 3. The number of nitro groups is 1. The Hall–Kier alpha value is -2.61. The molecule has 0 bridgehead atoms. The molecule has 0 saturated heterocycles. The lowest BCUT2D eigenvalue weighted by molar-refractivity contribution is -0.385. The van der Waals surface area contributed by atoms with Gasteiger partial charge in [-0.1, -0.05) is 24.9 Å². The van der Waals surface area contributed by atoms with Crippen LogP contribution in [0, 0.1) is 22.4 Å². The molecule has 146 valence electrons. The van der Waals surface area contributed by atoms with Crippen molar-refractivity contribution >= 4 is 23.0 Å². The van der Waals surface area contributed by atoms with Gasteiger partial charge in [0.2, 0.25) is 0 Å². The van der Waals surface area contributed by atoms with E-state index in [0.29, 0.717) is 22.8 Å². The van der Waals surface area contributed by atoms with Crippen LogP contribution < -0.4 is 4.74 Å². The van der Waals surface area contributed by atoms with Gasteiger partial charge < -0.3 is 10.1 Å². The van der Waals surface area contributed by atoms with Crippen LogP contribution >= 0.6 is 11.6 Å². The van der Waals surface area contributed by atoms with Crippen molar-refractivity contribution in [2.45, 2.75) is 40.2 Å². The van der Waals surface area contributed by atoms with Crippen LogP contribution in [0.2, 0.25) is 5.15 Å². The van der Waals surface area contributed by atoms with Crippen molar-refractivity contribution in [3.05, 3.63) is 62.4 Å². The monoisotopic (exact) mass is 399 g/mol. The second-order valence-corrected chi connectivity index (χ2v) is 6.01. The number of aryl methyl sites for hydroxylation is 2. The van der Waals surface area contributed by atoms with E-state index in [2.05, 4.69) is 9.72 Å². The van der Waals surface area contributed by atoms with E-state index < -0.39 is 11.5 Å². The zero-order valence-corrected chi connectivity index (χ0v) is 15.9. The molecule has 27 heavy (non-hydrogen) atoms. The molecule has 1 aromatic carbocycles. The standard InChI is InChI=1S/C10H11F2NO3.C8H9ClN2/c1-2-3-7-4-5-8(13(14)15)6-9(7)16-10(11)12;1-5-3-8(9)11-4-7(5)6(2)10/h4-6,10H,2-3H2,1H3;3-4,10H,1-2H3. The first-order valence-corrected chi connectivity index (χ1v) is 8.43. The summed E-state index contributed by atoms with van der Waals surface area (Å²) < 4.78 is 28.4. The van der Waals surface area contributed by atoms with Gasteiger partial charge in [0.05, 0.1) is 11.0 Å². The second kappa shape index (κ2) is 10.5. The summed E-state index contributed by atoms with van der Waals surface area (Å²) in [5.74, 6) is -0.119. The smallest absolute Gasteiger partial charge is 0.387 e. The fourth-order valence-corrected chi connectivity index (χ4v) is 2.47. The van der Waals surface area contributed by atoms with E-state index >= 15 is 0 Å². The maximum atomic E-state index is 12.1. The molecule has 1 aromatic heterocycles. The number of alkyl halides is 2. The number of nitro benzene ring substituents is 1. The predicted octanol–water partition coefficient (Wildman–Crippen LogP) is 5.58. The molecule has 0 amide bonds. The lowest BCUT2D eigenvalue weighted by Crippen LogP contribution is -2.05. The molecule has 0 saturated carbocycles. The van der Waals surface area contributed by atoms with Gasteiger partial charge in [-0.3, -0.25) is 10.1 Å². The predicted molar refractivity (Wildman–Crippen MR) is 100 cm³/mol. The van der Waals surface area contributed by atoms with Crippen LogP contribution in [0.15, 0.2) is 30.5 Å². The maximum Gasteiger partial charge on any atom is 0.387 e. The molecule has 1 N–H and O–H groups in total. The van der Waals surface area contributed by atoms with Crippen LogP contribution in [0.4, 0.5) is 14.5 Å². The molecular weight excluding hydrogens is 380 g/mol. The van der Waals surface area contributed by atoms with Gasteiger partial charge in [-0.2, -0.15) is 8.78 Å². The molecule has 0 fully saturated rings. The first-order valence-electron chi connectivity index (χ1n) is 8.05. The van der Waals surface area contributed by atoms with Crippen LogP contribution in [0.5, 0.6) is 5.75 Å². The third-order valence-corrected chi connectivity index (χ3v) is 3.69. The summed E-state index contributed by atoms with van der Waals surface area (Å²) in [5.41, 5.74) is 2.67. The highest BCUT2D eigenvalue weighted by molar-refractivity contribution is 6.29. The fraction of sp³-hybridized carbons (Fsp3) is 0.333. The quantitative estimate of drug-likeness (QED) is 0.297. The van der Waals surface area contributed by atoms with E-state index in [9.17, 15) is 18.9 Å². The average Bonchev–Trinajstić information content (AvgIpc) is 2.56. The number of benzene rings is 1. The summed E-state index contributed by atoms with van der Waals surface area (Å²) in [6.45, 7) is 2.56. The second-order valence-electron chi connectivity index (χ2n) is 5.62. The molecule has 0 atom stereocenters. The van der Waals surface area contributed by atoms with Crippen molar-refractivity contribution < 1.29 is 18.4 Å². The summed E-state index contributed by atoms with van der Waals surface area (Å²) in [4.78, 5) is 13.7. The van der Waals surface area contributed by atoms with E-state index in [0.717, 1.165) is 23.6 Å². The van der Waals surface area contributed by atoms with Crippen molar-refractivity contribution in [2.75, 3.05) is 0 Å². The number of nitrogens with zero attached hydrogens (tertiary/aromatic N) is 2. The molecule has 0 aliphatic carbocycles. The third kappa shape index (κ3) is 7.26. The highest BCUT2D eigenvalue weighted by Gasteiger charge is 2.14. The number of nitrogens with one attached hydrogen (secondary N) is 1. The van der Waals surface area contributed by atoms with Crippen LogP contribution in [0.1, 0.15) is 37.0 Å². The van der Waals surface area contributed by atoms with Crippen molar-refractivity contribution in [1.29, 1.82) is 5.41 Å². The zero-order valence-electron chi connectivity index (χ0n) is 15.1. The molecule has 0 aliphatic heterocycles. The average molecular weight is 400 g/mol. The van der Waals surface area contributed by atoms with Crippen LogP contribution in [-0.4, -0.2) is 22.2 Å². The largest absolute Gasteiger partial charge is 0.434 e. The van der Waals surface area contributed by atoms with E-state index in [1.54, 1.807) is 19.2 Å². The minimum atomic E-state index is -2.97.